The smallest absolute Gasteiger partial charge is 0.361 e. The topological polar surface area (TPSA) is 68.6 Å². The van der Waals surface area contributed by atoms with E-state index in [1.165, 1.54) is 131 Å². The molecule has 4 aliphatic heterocycles. The Hall–Kier alpha value is -1.42. The van der Waals surface area contributed by atoms with Crippen LogP contribution in [0.15, 0.2) is 61.9 Å². The van der Waals surface area contributed by atoms with Gasteiger partial charge in [-0.05, 0) is 81.8 Å². The summed E-state index contributed by atoms with van der Waals surface area (Å²) in [6, 6.07) is 0. The molecule has 7 nitrogen and oxygen atoms in total. The van der Waals surface area contributed by atoms with Crippen LogP contribution in [0.2, 0.25) is 0 Å². The van der Waals surface area contributed by atoms with Crippen LogP contribution in [-0.4, -0.2) is 96.3 Å². The summed E-state index contributed by atoms with van der Waals surface area (Å²) < 4.78 is 6.95. The Morgan fingerprint density at radius 1 is 0.891 bits per heavy atom. The van der Waals surface area contributed by atoms with Gasteiger partial charge in [0.2, 0.25) is 0 Å². The number of carbonyl (C=O) groups is 1. The van der Waals surface area contributed by atoms with Gasteiger partial charge in [0.1, 0.15) is 6.61 Å². The third-order valence-electron chi connectivity index (χ3n) is 10.6. The van der Waals surface area contributed by atoms with Crippen molar-refractivity contribution in [1.29, 1.82) is 0 Å². The number of nitrogens with zero attached hydrogens (tertiary/aromatic N) is 4. The minimum absolute atomic E-state index is 0. The van der Waals surface area contributed by atoms with E-state index < -0.39 is 5.97 Å². The summed E-state index contributed by atoms with van der Waals surface area (Å²) in [5, 5.41) is 10.2. The first-order valence-corrected chi connectivity index (χ1v) is 17.9. The third kappa shape index (κ3) is 7.89. The fraction of sp³-hybridized carbons (Fsp3) is 0.657. The summed E-state index contributed by atoms with van der Waals surface area (Å²) in [6.45, 7) is 9.73. The van der Waals surface area contributed by atoms with Crippen LogP contribution in [0.1, 0.15) is 70.6 Å². The first-order valence-electron chi connectivity index (χ1n) is 17.1. The van der Waals surface area contributed by atoms with Crippen LogP contribution < -0.4 is 0 Å². The van der Waals surface area contributed by atoms with Crippen molar-refractivity contribution in [2.24, 2.45) is 16.8 Å². The molecule has 0 radical (unpaired) electrons. The third-order valence-corrected chi connectivity index (χ3v) is 11.8. The molecule has 256 valence electrons. The summed E-state index contributed by atoms with van der Waals surface area (Å²) in [5.74, 6) is 0.832. The molecule has 1 atom stereocenters. The molecule has 0 bridgehead atoms. The Morgan fingerprint density at radius 2 is 1.50 bits per heavy atom. The van der Waals surface area contributed by atoms with Crippen LogP contribution >= 0.6 is 49.0 Å². The number of thioether (sulfide) groups is 1. The average molecular weight is 714 g/mol. The van der Waals surface area contributed by atoms with Gasteiger partial charge in [-0.2, -0.15) is 0 Å². The van der Waals surface area contributed by atoms with Crippen molar-refractivity contribution in [2.45, 2.75) is 70.6 Å². The maximum atomic E-state index is 12.2. The molecule has 0 spiro atoms. The molecule has 0 amide bonds. The molecular weight excluding hydrogens is 663 g/mol. The van der Waals surface area contributed by atoms with Gasteiger partial charge >= 0.3 is 5.97 Å². The summed E-state index contributed by atoms with van der Waals surface area (Å²) in [6.07, 6.45) is 21.1. The van der Waals surface area contributed by atoms with Crippen molar-refractivity contribution in [3.8, 4) is 0 Å². The molecule has 1 N–H and O–H groups in total. The largest absolute Gasteiger partial charge is 0.476 e. The molecule has 7 rings (SSSR count). The molecule has 7 aliphatic rings. The number of aliphatic carboxylic acids is 1. The zero-order chi connectivity index (χ0) is 29.2. The highest BCUT2D eigenvalue weighted by atomic mass is 35.5. The van der Waals surface area contributed by atoms with E-state index in [0.717, 1.165) is 42.5 Å². The first-order chi connectivity index (χ1) is 21.2. The zero-order valence-corrected chi connectivity index (χ0v) is 30.2. The van der Waals surface area contributed by atoms with Crippen LogP contribution in [0.4, 0.5) is 0 Å². The van der Waals surface area contributed by atoms with E-state index in [-0.39, 0.29) is 48.2 Å². The van der Waals surface area contributed by atoms with Gasteiger partial charge in [0.15, 0.2) is 10.9 Å². The normalized spacial score (nSPS) is 25.2. The van der Waals surface area contributed by atoms with E-state index in [0.29, 0.717) is 19.1 Å². The van der Waals surface area contributed by atoms with Crippen LogP contribution in [0.5, 0.6) is 0 Å². The van der Waals surface area contributed by atoms with Gasteiger partial charge in [-0.15, -0.1) is 37.2 Å². The molecule has 11 heteroatoms. The van der Waals surface area contributed by atoms with Crippen LogP contribution in [0.3, 0.4) is 0 Å². The van der Waals surface area contributed by atoms with Gasteiger partial charge < -0.3 is 24.5 Å². The second-order valence-electron chi connectivity index (χ2n) is 13.4. The standard InChI is InChI=1S/C35H48N4O3S.3ClH/c40-35(41)33-36-23-26-24-42-34(39(21-19-37-15-6-2-7-16-37)22-20-38-17-8-3-9-18-38)30-28-14-10-13-27(28)29(31(30)32(26)43-33)25-11-4-1-5-12-25;;;/h10,13-14,25,28H,1-9,11-12,15-24H2,(H,40,41);3*1H. The number of hydrogen-bond donors (Lipinski definition) is 1. The van der Waals surface area contributed by atoms with E-state index in [1.807, 2.05) is 0 Å². The highest BCUT2D eigenvalue weighted by Gasteiger charge is 2.45. The SMILES string of the molecule is Cl.Cl.Cl.O=C(O)C1=NCC2=C(S1)C1=C(C3CCCCC3)C3=CC=CC3C1=C(N(CCN1CCCCC1)CCN1CCCCC1)OC2. The molecule has 3 fully saturated rings. The summed E-state index contributed by atoms with van der Waals surface area (Å²) in [5.41, 5.74) is 6.64. The summed E-state index contributed by atoms with van der Waals surface area (Å²) >= 11 is 1.38. The van der Waals surface area contributed by atoms with Crippen molar-refractivity contribution in [1.82, 2.24) is 14.7 Å². The number of hydrogen-bond acceptors (Lipinski definition) is 7. The Bertz CT molecular complexity index is 1270. The number of halogens is 3. The number of carboxylic acids is 1. The van der Waals surface area contributed by atoms with Crippen LogP contribution in [-0.2, 0) is 9.53 Å². The minimum Gasteiger partial charge on any atom is -0.476 e. The van der Waals surface area contributed by atoms with Gasteiger partial charge in [-0.1, -0.05) is 62.1 Å². The molecule has 1 unspecified atom stereocenters. The molecule has 3 aliphatic carbocycles. The monoisotopic (exact) mass is 712 g/mol. The Balaban J connectivity index is 0.00000160. The van der Waals surface area contributed by atoms with E-state index in [4.69, 9.17) is 4.74 Å². The van der Waals surface area contributed by atoms with Gasteiger partial charge in [0.05, 0.1) is 6.54 Å². The van der Waals surface area contributed by atoms with Crippen molar-refractivity contribution < 1.29 is 14.6 Å². The highest BCUT2D eigenvalue weighted by molar-refractivity contribution is 8.19. The maximum absolute atomic E-state index is 12.2. The summed E-state index contributed by atoms with van der Waals surface area (Å²) in [7, 11) is 0. The predicted octanol–water partition coefficient (Wildman–Crippen LogP) is 7.25. The lowest BCUT2D eigenvalue weighted by Gasteiger charge is -2.35. The number of piperidine rings is 2. The zero-order valence-electron chi connectivity index (χ0n) is 26.9. The number of allylic oxidation sites excluding steroid dienone is 7. The van der Waals surface area contributed by atoms with Crippen molar-refractivity contribution in [3.05, 3.63) is 56.9 Å². The van der Waals surface area contributed by atoms with E-state index in [9.17, 15) is 9.90 Å². The lowest BCUT2D eigenvalue weighted by Crippen LogP contribution is -2.42. The predicted molar refractivity (Wildman–Crippen MR) is 196 cm³/mol. The van der Waals surface area contributed by atoms with Gasteiger partial charge in [-0.3, -0.25) is 4.99 Å². The fourth-order valence-corrected chi connectivity index (χ4v) is 9.34. The van der Waals surface area contributed by atoms with Gasteiger partial charge in [0, 0.05) is 53.7 Å². The quantitative estimate of drug-likeness (QED) is 0.270. The lowest BCUT2D eigenvalue weighted by atomic mass is 9.80. The Morgan fingerprint density at radius 3 is 2.11 bits per heavy atom. The molecule has 4 heterocycles. The fourth-order valence-electron chi connectivity index (χ4n) is 8.34. The molecule has 46 heavy (non-hydrogen) atoms. The maximum Gasteiger partial charge on any atom is 0.361 e. The van der Waals surface area contributed by atoms with Crippen molar-refractivity contribution in [3.63, 3.8) is 0 Å². The second kappa shape index (κ2) is 17.3. The number of rotatable bonds is 9. The first kappa shape index (κ1) is 37.4. The Labute approximate surface area is 297 Å². The number of fused-ring (bicyclic) bond motifs is 4. The molecule has 0 aromatic heterocycles. The molecule has 2 saturated heterocycles. The van der Waals surface area contributed by atoms with Gasteiger partial charge in [0.25, 0.3) is 0 Å². The molecule has 0 aromatic carbocycles. The molecule has 0 aromatic rings. The minimum atomic E-state index is -0.922. The van der Waals surface area contributed by atoms with Crippen molar-refractivity contribution >= 4 is 60.0 Å². The highest BCUT2D eigenvalue weighted by Crippen LogP contribution is 2.57. The number of aliphatic imine (C=N–C) groups is 1. The summed E-state index contributed by atoms with van der Waals surface area (Å²) in [4.78, 5) is 25.6. The van der Waals surface area contributed by atoms with Crippen LogP contribution in [0, 0.1) is 11.8 Å². The van der Waals surface area contributed by atoms with Gasteiger partial charge in [-0.25, -0.2) is 4.79 Å². The number of likely N-dealkylation sites (tertiary alicyclic amines) is 2. The Kier molecular flexibility index (Phi) is 14.1. The lowest BCUT2D eigenvalue weighted by molar-refractivity contribution is -0.129. The molecule has 1 saturated carbocycles. The van der Waals surface area contributed by atoms with E-state index >= 15 is 0 Å². The number of ether oxygens (including phenoxy) is 1. The number of carboxylic acid groups (broad SMARTS) is 1. The van der Waals surface area contributed by atoms with Crippen LogP contribution in [0.25, 0.3) is 0 Å². The molecular formula is C35H51Cl3N4O3S. The van der Waals surface area contributed by atoms with Crippen molar-refractivity contribution in [2.75, 3.05) is 65.5 Å². The average Bonchev–Trinajstić information content (AvgIpc) is 3.60. The van der Waals surface area contributed by atoms with E-state index in [1.54, 1.807) is 0 Å². The van der Waals surface area contributed by atoms with E-state index in [2.05, 4.69) is 37.9 Å². The second-order valence-corrected chi connectivity index (χ2v) is 14.4.